The van der Waals surface area contributed by atoms with E-state index >= 15 is 0 Å². The number of hydrogen-bond donors (Lipinski definition) is 0. The molecule has 0 bridgehead atoms. The molecular weight excluding hydrogens is 332 g/mol. The van der Waals surface area contributed by atoms with Crippen LogP contribution in [0.25, 0.3) is 0 Å². The largest absolute Gasteiger partial charge is 0.497 e. The van der Waals surface area contributed by atoms with Gasteiger partial charge in [0.1, 0.15) is 18.1 Å². The minimum absolute atomic E-state index is 0.557. The number of rotatable bonds is 6. The molecule has 1 aliphatic rings. The highest BCUT2D eigenvalue weighted by atomic mass is 16.5. The fourth-order valence-electron chi connectivity index (χ4n) is 3.17. The summed E-state index contributed by atoms with van der Waals surface area (Å²) in [5.74, 6) is 2.60. The molecule has 1 aromatic carbocycles. The van der Waals surface area contributed by atoms with Crippen molar-refractivity contribution in [3.63, 3.8) is 0 Å². The number of tetrazole rings is 1. The summed E-state index contributed by atoms with van der Waals surface area (Å²) in [5, 5.41) is 12.1. The number of methoxy groups -OCH3 is 1. The van der Waals surface area contributed by atoms with Crippen LogP contribution in [-0.4, -0.2) is 58.4 Å². The molecule has 0 saturated carbocycles. The van der Waals surface area contributed by atoms with Crippen molar-refractivity contribution < 1.29 is 9.15 Å². The van der Waals surface area contributed by atoms with Gasteiger partial charge >= 0.3 is 0 Å². The molecule has 0 amide bonds. The topological polar surface area (TPSA) is 72.5 Å². The molecule has 3 aromatic rings. The lowest BCUT2D eigenvalue weighted by Crippen LogP contribution is -2.46. The van der Waals surface area contributed by atoms with E-state index < -0.39 is 0 Å². The molecule has 0 N–H and O–H groups in total. The molecule has 1 fully saturated rings. The van der Waals surface area contributed by atoms with Gasteiger partial charge in [-0.1, -0.05) is 0 Å². The fraction of sp³-hybridized carbons (Fsp3) is 0.389. The van der Waals surface area contributed by atoms with Crippen molar-refractivity contribution in [2.75, 3.05) is 38.2 Å². The lowest BCUT2D eigenvalue weighted by Gasteiger charge is -2.35. The number of hydrogen-bond acceptors (Lipinski definition) is 7. The third kappa shape index (κ3) is 3.70. The van der Waals surface area contributed by atoms with Gasteiger partial charge in [-0.15, -0.1) is 5.10 Å². The van der Waals surface area contributed by atoms with Crippen LogP contribution in [-0.2, 0) is 13.1 Å². The van der Waals surface area contributed by atoms with Gasteiger partial charge in [0, 0.05) is 31.9 Å². The molecule has 0 aliphatic carbocycles. The van der Waals surface area contributed by atoms with Crippen LogP contribution in [0, 0.1) is 0 Å². The highest BCUT2D eigenvalue weighted by Crippen LogP contribution is 2.20. The predicted octanol–water partition coefficient (Wildman–Crippen LogP) is 1.65. The summed E-state index contributed by atoms with van der Waals surface area (Å²) in [4.78, 5) is 4.77. The Hall–Kier alpha value is -2.87. The first-order chi connectivity index (χ1) is 12.8. The zero-order chi connectivity index (χ0) is 17.8. The summed E-state index contributed by atoms with van der Waals surface area (Å²) in [6, 6.07) is 12.0. The third-order valence-corrected chi connectivity index (χ3v) is 4.67. The summed E-state index contributed by atoms with van der Waals surface area (Å²) >= 11 is 0. The number of furan rings is 1. The molecule has 0 unspecified atom stereocenters. The van der Waals surface area contributed by atoms with Crippen LogP contribution < -0.4 is 9.64 Å². The van der Waals surface area contributed by atoms with E-state index in [1.54, 1.807) is 18.1 Å². The van der Waals surface area contributed by atoms with Crippen LogP contribution in [0.4, 0.5) is 5.69 Å². The Balaban J connectivity index is 1.33. The van der Waals surface area contributed by atoms with Crippen LogP contribution in [0.3, 0.4) is 0 Å². The molecule has 1 aliphatic heterocycles. The zero-order valence-corrected chi connectivity index (χ0v) is 14.8. The Kier molecular flexibility index (Phi) is 4.83. The Morgan fingerprint density at radius 2 is 1.85 bits per heavy atom. The first-order valence-electron chi connectivity index (χ1n) is 8.70. The van der Waals surface area contributed by atoms with Crippen molar-refractivity contribution in [1.82, 2.24) is 25.1 Å². The van der Waals surface area contributed by atoms with Crippen molar-refractivity contribution in [3.8, 4) is 5.75 Å². The minimum Gasteiger partial charge on any atom is -0.497 e. The molecule has 0 spiro atoms. The summed E-state index contributed by atoms with van der Waals surface area (Å²) < 4.78 is 12.4. The number of aromatic nitrogens is 4. The lowest BCUT2D eigenvalue weighted by molar-refractivity contribution is 0.239. The van der Waals surface area contributed by atoms with E-state index in [0.29, 0.717) is 6.54 Å². The van der Waals surface area contributed by atoms with Gasteiger partial charge in [-0.05, 0) is 46.8 Å². The summed E-state index contributed by atoms with van der Waals surface area (Å²) in [6.45, 7) is 5.20. The molecule has 2 aromatic heterocycles. The van der Waals surface area contributed by atoms with Gasteiger partial charge in [0.05, 0.1) is 19.9 Å². The van der Waals surface area contributed by atoms with E-state index in [-0.39, 0.29) is 0 Å². The Labute approximate surface area is 152 Å². The number of anilines is 1. The molecule has 136 valence electrons. The third-order valence-electron chi connectivity index (χ3n) is 4.67. The van der Waals surface area contributed by atoms with E-state index in [4.69, 9.17) is 9.15 Å². The number of ether oxygens (including phenoxy) is 1. The smallest absolute Gasteiger partial charge is 0.165 e. The van der Waals surface area contributed by atoms with Gasteiger partial charge in [0.2, 0.25) is 0 Å². The van der Waals surface area contributed by atoms with Crippen LogP contribution >= 0.6 is 0 Å². The van der Waals surface area contributed by atoms with Crippen LogP contribution in [0.5, 0.6) is 5.75 Å². The van der Waals surface area contributed by atoms with E-state index in [2.05, 4.69) is 37.5 Å². The zero-order valence-electron chi connectivity index (χ0n) is 14.8. The van der Waals surface area contributed by atoms with E-state index in [9.17, 15) is 0 Å². The van der Waals surface area contributed by atoms with E-state index in [1.807, 2.05) is 24.3 Å². The average molecular weight is 354 g/mol. The first-order valence-corrected chi connectivity index (χ1v) is 8.70. The molecule has 8 heteroatoms. The van der Waals surface area contributed by atoms with Crippen molar-refractivity contribution in [2.45, 2.75) is 13.1 Å². The number of piperazine rings is 1. The Bertz CT molecular complexity index is 807. The van der Waals surface area contributed by atoms with Gasteiger partial charge in [-0.3, -0.25) is 4.90 Å². The van der Waals surface area contributed by atoms with E-state index in [0.717, 1.165) is 50.1 Å². The second-order valence-corrected chi connectivity index (χ2v) is 6.29. The molecule has 3 heterocycles. The second-order valence-electron chi connectivity index (χ2n) is 6.29. The molecule has 1 saturated heterocycles. The minimum atomic E-state index is 0.557. The Morgan fingerprint density at radius 1 is 1.04 bits per heavy atom. The average Bonchev–Trinajstić information content (AvgIpc) is 3.35. The molecule has 26 heavy (non-hydrogen) atoms. The van der Waals surface area contributed by atoms with Gasteiger partial charge in [-0.2, -0.15) is 0 Å². The molecular formula is C18H22N6O2. The first kappa shape index (κ1) is 16.6. The van der Waals surface area contributed by atoms with Crippen molar-refractivity contribution in [1.29, 1.82) is 0 Å². The van der Waals surface area contributed by atoms with Crippen molar-refractivity contribution in [2.24, 2.45) is 0 Å². The summed E-state index contributed by atoms with van der Waals surface area (Å²) in [6.07, 6.45) is 1.66. The molecule has 0 radical (unpaired) electrons. The van der Waals surface area contributed by atoms with Gasteiger partial charge in [0.15, 0.2) is 5.82 Å². The quantitative estimate of drug-likeness (QED) is 0.666. The van der Waals surface area contributed by atoms with Gasteiger partial charge in [0.25, 0.3) is 0 Å². The maximum absolute atomic E-state index is 5.39. The predicted molar refractivity (Wildman–Crippen MR) is 96.1 cm³/mol. The van der Waals surface area contributed by atoms with E-state index in [1.165, 1.54) is 5.69 Å². The fourth-order valence-corrected chi connectivity index (χ4v) is 3.17. The summed E-state index contributed by atoms with van der Waals surface area (Å²) in [5.41, 5.74) is 1.23. The van der Waals surface area contributed by atoms with Gasteiger partial charge < -0.3 is 14.1 Å². The maximum Gasteiger partial charge on any atom is 0.165 e. The standard InChI is InChI=1S/C18H22N6O2/c1-25-16-6-4-15(5-7-16)23-10-8-22(9-11-23)14-18-19-20-21-24(18)13-17-3-2-12-26-17/h2-7,12H,8-11,13-14H2,1H3. The molecule has 4 rings (SSSR count). The van der Waals surface area contributed by atoms with Crippen LogP contribution in [0.1, 0.15) is 11.6 Å². The molecule has 0 atom stereocenters. The summed E-state index contributed by atoms with van der Waals surface area (Å²) in [7, 11) is 1.69. The number of benzene rings is 1. The highest BCUT2D eigenvalue weighted by Gasteiger charge is 2.20. The van der Waals surface area contributed by atoms with Gasteiger partial charge in [-0.25, -0.2) is 4.68 Å². The lowest BCUT2D eigenvalue weighted by atomic mass is 10.2. The van der Waals surface area contributed by atoms with Crippen LogP contribution in [0.15, 0.2) is 47.1 Å². The molecule has 8 nitrogen and oxygen atoms in total. The monoisotopic (exact) mass is 354 g/mol. The highest BCUT2D eigenvalue weighted by molar-refractivity contribution is 5.49. The van der Waals surface area contributed by atoms with Crippen molar-refractivity contribution >= 4 is 5.69 Å². The van der Waals surface area contributed by atoms with Crippen molar-refractivity contribution in [3.05, 3.63) is 54.2 Å². The maximum atomic E-state index is 5.39. The second kappa shape index (κ2) is 7.57. The van der Waals surface area contributed by atoms with Crippen LogP contribution in [0.2, 0.25) is 0 Å². The SMILES string of the molecule is COc1ccc(N2CCN(Cc3nnnn3Cc3ccco3)CC2)cc1. The number of nitrogens with zero attached hydrogens (tertiary/aromatic N) is 6. The normalized spacial score (nSPS) is 15.3. The Morgan fingerprint density at radius 3 is 2.54 bits per heavy atom.